The Bertz CT molecular complexity index is 419. The molecular weight excluding hydrogens is 168 g/mol. The topological polar surface area (TPSA) is 58.9 Å². The molecule has 0 saturated heterocycles. The van der Waals surface area contributed by atoms with Gasteiger partial charge < -0.3 is 0 Å². The van der Waals surface area contributed by atoms with Crippen molar-refractivity contribution in [2.24, 2.45) is 9.98 Å². The van der Waals surface area contributed by atoms with Gasteiger partial charge in [0.1, 0.15) is 0 Å². The van der Waals surface area contributed by atoms with Gasteiger partial charge in [-0.05, 0) is 24.6 Å². The van der Waals surface area contributed by atoms with Crippen LogP contribution in [0.25, 0.3) is 0 Å². The first kappa shape index (κ1) is 9.07. The second kappa shape index (κ2) is 4.12. The molecule has 4 heteroatoms. The standard InChI is InChI=1S/C9H6N2O2/c1-7-2-3-8(10-5-12)4-9(7)11-6-13/h2-4H,1H3/p+1. The molecule has 0 aliphatic carbocycles. The van der Waals surface area contributed by atoms with E-state index in [1.807, 2.05) is 0 Å². The summed E-state index contributed by atoms with van der Waals surface area (Å²) in [6, 6.07) is 4.88. The molecule has 0 radical (unpaired) electrons. The molecule has 1 aromatic carbocycles. The molecule has 0 aromatic heterocycles. The zero-order valence-electron chi connectivity index (χ0n) is 7.94. The summed E-state index contributed by atoms with van der Waals surface area (Å²) < 4.78 is 0. The summed E-state index contributed by atoms with van der Waals surface area (Å²) >= 11 is 0. The summed E-state index contributed by atoms with van der Waals surface area (Å²) in [6.45, 7) is 1.80. The number of hydrogen-bond acceptors (Lipinski definition) is 4. The van der Waals surface area contributed by atoms with Gasteiger partial charge in [-0.2, -0.15) is 9.98 Å². The van der Waals surface area contributed by atoms with Gasteiger partial charge in [-0.15, -0.1) is 0 Å². The van der Waals surface area contributed by atoms with Crippen LogP contribution >= 0.6 is 0 Å². The van der Waals surface area contributed by atoms with E-state index in [9.17, 15) is 9.59 Å². The van der Waals surface area contributed by atoms with Gasteiger partial charge in [0, 0.05) is 0 Å². The lowest BCUT2D eigenvalue weighted by Crippen LogP contribution is -1.73. The van der Waals surface area contributed by atoms with E-state index in [0.29, 0.717) is 11.4 Å². The Hall–Kier alpha value is -2.02. The number of aryl methyl sites for hydroxylation is 1. The molecule has 1 aromatic rings. The smallest absolute Gasteiger partial charge is 0.211 e. The molecule has 0 heterocycles. The van der Waals surface area contributed by atoms with Crippen molar-refractivity contribution < 1.29 is 11.0 Å². The van der Waals surface area contributed by atoms with E-state index in [1.54, 1.807) is 19.1 Å². The second-order valence-corrected chi connectivity index (χ2v) is 2.38. The molecule has 64 valence electrons. The molecule has 13 heavy (non-hydrogen) atoms. The van der Waals surface area contributed by atoms with Crippen molar-refractivity contribution in [3.63, 3.8) is 0 Å². The predicted molar refractivity (Wildman–Crippen MR) is 47.9 cm³/mol. The zero-order chi connectivity index (χ0) is 9.68. The van der Waals surface area contributed by atoms with E-state index in [4.69, 9.17) is 0 Å². The second-order valence-electron chi connectivity index (χ2n) is 2.38. The third kappa shape index (κ3) is 2.20. The van der Waals surface area contributed by atoms with Gasteiger partial charge in [0.15, 0.2) is 0 Å². The Labute approximate surface area is 76.1 Å². The summed E-state index contributed by atoms with van der Waals surface area (Å²) in [4.78, 5) is 26.8. The average molecular weight is 175 g/mol. The van der Waals surface area contributed by atoms with Gasteiger partial charge in [0.25, 0.3) is 0 Å². The Morgan fingerprint density at radius 3 is 2.54 bits per heavy atom. The number of rotatable bonds is 2. The van der Waals surface area contributed by atoms with Crippen molar-refractivity contribution in [3.05, 3.63) is 23.8 Å². The van der Waals surface area contributed by atoms with Crippen LogP contribution in [0.1, 0.15) is 6.99 Å². The van der Waals surface area contributed by atoms with Crippen molar-refractivity contribution in [3.8, 4) is 0 Å². The molecule has 0 spiro atoms. The highest BCUT2D eigenvalue weighted by Gasteiger charge is 1.97. The fraction of sp³-hybridized carbons (Fsp3) is 0.111. The van der Waals surface area contributed by atoms with Gasteiger partial charge in [0.2, 0.25) is 12.2 Å². The van der Waals surface area contributed by atoms with E-state index in [0.717, 1.165) is 5.56 Å². The molecule has 0 aliphatic rings. The molecule has 0 saturated carbocycles. The Morgan fingerprint density at radius 1 is 1.23 bits per heavy atom. The maximum Gasteiger partial charge on any atom is 1.00 e. The third-order valence-corrected chi connectivity index (χ3v) is 1.53. The van der Waals surface area contributed by atoms with Gasteiger partial charge >= 0.3 is 1.43 Å². The minimum atomic E-state index is 0. The maximum absolute atomic E-state index is 10.00. The van der Waals surface area contributed by atoms with Crippen molar-refractivity contribution in [2.45, 2.75) is 6.92 Å². The lowest BCUT2D eigenvalue weighted by atomic mass is 10.2. The quantitative estimate of drug-likeness (QED) is 0.510. The lowest BCUT2D eigenvalue weighted by Gasteiger charge is -1.97. The van der Waals surface area contributed by atoms with Crippen LogP contribution < -0.4 is 0 Å². The Balaban J connectivity index is 0.00000169. The monoisotopic (exact) mass is 175 g/mol. The summed E-state index contributed by atoms with van der Waals surface area (Å²) in [5, 5.41) is 0. The lowest BCUT2D eigenvalue weighted by molar-refractivity contribution is 0.565. The number of aliphatic imine (C=N–C) groups is 2. The fourth-order valence-corrected chi connectivity index (χ4v) is 0.890. The molecule has 0 N–H and O–H groups in total. The van der Waals surface area contributed by atoms with Crippen LogP contribution in [0.4, 0.5) is 11.4 Å². The van der Waals surface area contributed by atoms with Crippen molar-refractivity contribution in [1.29, 1.82) is 0 Å². The molecule has 0 fully saturated rings. The number of hydrogen-bond donors (Lipinski definition) is 0. The highest BCUT2D eigenvalue weighted by molar-refractivity contribution is 5.61. The van der Waals surface area contributed by atoms with Crippen molar-refractivity contribution >= 4 is 23.5 Å². The summed E-state index contributed by atoms with van der Waals surface area (Å²) in [7, 11) is 0. The van der Waals surface area contributed by atoms with Crippen LogP contribution in [0.15, 0.2) is 28.2 Å². The van der Waals surface area contributed by atoms with Crippen LogP contribution in [0, 0.1) is 6.92 Å². The van der Waals surface area contributed by atoms with E-state index in [-0.39, 0.29) is 1.43 Å². The van der Waals surface area contributed by atoms with Crippen LogP contribution in [0.3, 0.4) is 0 Å². The van der Waals surface area contributed by atoms with E-state index < -0.39 is 0 Å². The van der Waals surface area contributed by atoms with Crippen LogP contribution in [-0.2, 0) is 9.59 Å². The summed E-state index contributed by atoms with van der Waals surface area (Å²) in [5.41, 5.74) is 1.72. The molecule has 0 bridgehead atoms. The summed E-state index contributed by atoms with van der Waals surface area (Å²) in [5.74, 6) is 0. The first-order chi connectivity index (χ1) is 6.27. The number of carbonyl (C=O) groups excluding carboxylic acids is 2. The van der Waals surface area contributed by atoms with Crippen LogP contribution in [0.2, 0.25) is 0 Å². The molecule has 0 amide bonds. The molecular formula is C9H7N2O2+. The molecule has 1 rings (SSSR count). The highest BCUT2D eigenvalue weighted by atomic mass is 16.1. The zero-order valence-corrected chi connectivity index (χ0v) is 6.94. The largest absolute Gasteiger partial charge is 1.00 e. The minimum absolute atomic E-state index is 0. The molecule has 4 nitrogen and oxygen atoms in total. The van der Waals surface area contributed by atoms with Crippen molar-refractivity contribution in [1.82, 2.24) is 0 Å². The molecule has 0 aliphatic heterocycles. The van der Waals surface area contributed by atoms with Crippen LogP contribution in [0.5, 0.6) is 0 Å². The SMILES string of the molecule is Cc1ccc(N=C=O)cc1N=C=O.[H+]. The number of benzene rings is 1. The minimum Gasteiger partial charge on any atom is -0.211 e. The van der Waals surface area contributed by atoms with Gasteiger partial charge in [0.05, 0.1) is 11.4 Å². The third-order valence-electron chi connectivity index (χ3n) is 1.53. The Kier molecular flexibility index (Phi) is 2.87. The molecule has 0 atom stereocenters. The highest BCUT2D eigenvalue weighted by Crippen LogP contribution is 2.23. The van der Waals surface area contributed by atoms with E-state index in [1.165, 1.54) is 18.2 Å². The maximum atomic E-state index is 10.00. The van der Waals surface area contributed by atoms with Gasteiger partial charge in [-0.3, -0.25) is 0 Å². The molecule has 0 unspecified atom stereocenters. The van der Waals surface area contributed by atoms with Gasteiger partial charge in [-0.25, -0.2) is 9.59 Å². The van der Waals surface area contributed by atoms with Gasteiger partial charge in [-0.1, -0.05) is 6.07 Å². The Morgan fingerprint density at radius 2 is 1.92 bits per heavy atom. The number of nitrogens with zero attached hydrogens (tertiary/aromatic N) is 2. The van der Waals surface area contributed by atoms with E-state index >= 15 is 0 Å². The first-order valence-electron chi connectivity index (χ1n) is 3.54. The number of isocyanates is 2. The van der Waals surface area contributed by atoms with Crippen molar-refractivity contribution in [2.75, 3.05) is 0 Å². The predicted octanol–water partition coefficient (Wildman–Crippen LogP) is 2.04. The van der Waals surface area contributed by atoms with E-state index in [2.05, 4.69) is 9.98 Å². The van der Waals surface area contributed by atoms with Crippen LogP contribution in [-0.4, -0.2) is 12.2 Å². The fourth-order valence-electron chi connectivity index (χ4n) is 0.890. The summed E-state index contributed by atoms with van der Waals surface area (Å²) in [6.07, 6.45) is 2.84. The average Bonchev–Trinajstić information content (AvgIpc) is 2.12. The first-order valence-corrected chi connectivity index (χ1v) is 3.54. The normalized spacial score (nSPS) is 8.38.